The van der Waals surface area contributed by atoms with Gasteiger partial charge in [0.25, 0.3) is 0 Å². The Morgan fingerprint density at radius 2 is 0.616 bits per heavy atom. The number of hydrogen-bond acceptors (Lipinski definition) is 8. The van der Waals surface area contributed by atoms with Gasteiger partial charge in [-0.25, -0.2) is 0 Å². The summed E-state index contributed by atoms with van der Waals surface area (Å²) >= 11 is 0. The monoisotopic (exact) mass is 1040 g/mol. The van der Waals surface area contributed by atoms with Crippen LogP contribution in [-0.2, 0) is 33.3 Å². The van der Waals surface area contributed by atoms with E-state index < -0.39 is 24.3 Å². The molecule has 0 aromatic rings. The highest BCUT2D eigenvalue weighted by molar-refractivity contribution is 5.70. The van der Waals surface area contributed by atoms with Crippen LogP contribution >= 0.6 is 0 Å². The SMILES string of the molecule is CCCCCCCCCCCCCCCCCCCCCCCCCCCCCCCCCCCCCC(=O)OC(COC(=O)CCCCCCCCCCCCCCC)COC(OCC[N+](C)(C)C)C(=O)[O-]. The van der Waals surface area contributed by atoms with Gasteiger partial charge in [-0.05, 0) is 12.8 Å². The molecular formula is C64H125NO8. The third-order valence-corrected chi connectivity index (χ3v) is 14.9. The smallest absolute Gasteiger partial charge is 0.306 e. The maximum Gasteiger partial charge on any atom is 0.306 e. The summed E-state index contributed by atoms with van der Waals surface area (Å²) < 4.78 is 22.7. The highest BCUT2D eigenvalue weighted by Crippen LogP contribution is 2.19. The number of carbonyl (C=O) groups excluding carboxylic acids is 3. The molecule has 0 aliphatic rings. The Bertz CT molecular complexity index is 1160. The molecule has 73 heavy (non-hydrogen) atoms. The van der Waals surface area contributed by atoms with Gasteiger partial charge in [0.15, 0.2) is 12.4 Å². The van der Waals surface area contributed by atoms with E-state index in [-0.39, 0.29) is 32.2 Å². The second kappa shape index (κ2) is 56.5. The van der Waals surface area contributed by atoms with E-state index in [1.807, 2.05) is 21.1 Å². The first-order valence-corrected chi connectivity index (χ1v) is 32.2. The predicted molar refractivity (Wildman–Crippen MR) is 307 cm³/mol. The molecule has 434 valence electrons. The van der Waals surface area contributed by atoms with E-state index in [4.69, 9.17) is 18.9 Å². The van der Waals surface area contributed by atoms with Crippen molar-refractivity contribution in [2.45, 2.75) is 347 Å². The first kappa shape index (κ1) is 71.3. The van der Waals surface area contributed by atoms with Crippen LogP contribution in [0.1, 0.15) is 335 Å². The van der Waals surface area contributed by atoms with Crippen molar-refractivity contribution in [1.29, 1.82) is 0 Å². The molecule has 0 fully saturated rings. The van der Waals surface area contributed by atoms with Crippen LogP contribution in [0.5, 0.6) is 0 Å². The summed E-state index contributed by atoms with van der Waals surface area (Å²) in [5.41, 5.74) is 0. The summed E-state index contributed by atoms with van der Waals surface area (Å²) in [7, 11) is 5.94. The summed E-state index contributed by atoms with van der Waals surface area (Å²) in [5, 5.41) is 11.8. The Hall–Kier alpha value is -1.71. The van der Waals surface area contributed by atoms with E-state index in [0.717, 1.165) is 38.5 Å². The average molecular weight is 1040 g/mol. The van der Waals surface area contributed by atoms with Gasteiger partial charge in [0.1, 0.15) is 13.2 Å². The Kier molecular flexibility index (Phi) is 55.2. The van der Waals surface area contributed by atoms with E-state index in [9.17, 15) is 19.5 Å². The second-order valence-electron chi connectivity index (χ2n) is 23.4. The van der Waals surface area contributed by atoms with Crippen LogP contribution in [0.2, 0.25) is 0 Å². The van der Waals surface area contributed by atoms with Crippen LogP contribution < -0.4 is 5.11 Å². The van der Waals surface area contributed by atoms with Crippen molar-refractivity contribution in [3.63, 3.8) is 0 Å². The first-order valence-electron chi connectivity index (χ1n) is 32.2. The number of unbranched alkanes of at least 4 members (excludes halogenated alkanes) is 46. The zero-order chi connectivity index (χ0) is 53.4. The maximum atomic E-state index is 12.9. The van der Waals surface area contributed by atoms with Crippen LogP contribution in [0.3, 0.4) is 0 Å². The average Bonchev–Trinajstić information content (AvgIpc) is 3.36. The van der Waals surface area contributed by atoms with Gasteiger partial charge < -0.3 is 33.3 Å². The molecule has 0 N–H and O–H groups in total. The molecule has 9 nitrogen and oxygen atoms in total. The van der Waals surface area contributed by atoms with E-state index in [0.29, 0.717) is 17.4 Å². The van der Waals surface area contributed by atoms with Crippen molar-refractivity contribution in [3.05, 3.63) is 0 Å². The number of carboxylic acids is 1. The second-order valence-corrected chi connectivity index (χ2v) is 23.4. The Morgan fingerprint density at radius 1 is 0.356 bits per heavy atom. The van der Waals surface area contributed by atoms with Gasteiger partial charge in [-0.1, -0.05) is 309 Å². The Morgan fingerprint density at radius 3 is 0.877 bits per heavy atom. The molecular weight excluding hydrogens is 911 g/mol. The number of carboxylic acid groups (broad SMARTS) is 1. The largest absolute Gasteiger partial charge is 0.545 e. The molecule has 0 saturated carbocycles. The number of carbonyl (C=O) groups is 3. The van der Waals surface area contributed by atoms with Crippen LogP contribution in [0.15, 0.2) is 0 Å². The summed E-state index contributed by atoms with van der Waals surface area (Å²) in [5.74, 6) is -2.25. The lowest BCUT2D eigenvalue weighted by atomic mass is 10.0. The molecule has 0 aromatic heterocycles. The molecule has 0 heterocycles. The van der Waals surface area contributed by atoms with Crippen LogP contribution in [0.25, 0.3) is 0 Å². The first-order chi connectivity index (χ1) is 35.6. The van der Waals surface area contributed by atoms with Gasteiger partial charge >= 0.3 is 11.9 Å². The molecule has 0 aliphatic carbocycles. The van der Waals surface area contributed by atoms with Crippen LogP contribution in [0.4, 0.5) is 0 Å². The quantitative estimate of drug-likeness (QED) is 0.0256. The minimum atomic E-state index is -1.61. The van der Waals surface area contributed by atoms with Crippen molar-refractivity contribution < 1.29 is 42.9 Å². The molecule has 0 saturated heterocycles. The maximum absolute atomic E-state index is 12.9. The Labute approximate surface area is 453 Å². The lowest BCUT2D eigenvalue weighted by molar-refractivity contribution is -0.870. The van der Waals surface area contributed by atoms with Crippen LogP contribution in [-0.4, -0.2) is 82.3 Å². The number of hydrogen-bond donors (Lipinski definition) is 0. The van der Waals surface area contributed by atoms with Crippen LogP contribution in [0, 0.1) is 0 Å². The van der Waals surface area contributed by atoms with E-state index >= 15 is 0 Å². The van der Waals surface area contributed by atoms with Gasteiger partial charge in [0, 0.05) is 12.8 Å². The van der Waals surface area contributed by atoms with Gasteiger partial charge in [0.2, 0.25) is 0 Å². The number of likely N-dealkylation sites (N-methyl/N-ethyl adjacent to an activating group) is 1. The Balaban J connectivity index is 3.94. The molecule has 0 rings (SSSR count). The molecule has 0 radical (unpaired) electrons. The van der Waals surface area contributed by atoms with Crippen molar-refractivity contribution in [3.8, 4) is 0 Å². The molecule has 0 amide bonds. The predicted octanol–water partition coefficient (Wildman–Crippen LogP) is 17.8. The van der Waals surface area contributed by atoms with Gasteiger partial charge in [-0.2, -0.15) is 0 Å². The van der Waals surface area contributed by atoms with Crippen molar-refractivity contribution in [2.24, 2.45) is 0 Å². The number of esters is 2. The fraction of sp³-hybridized carbons (Fsp3) is 0.953. The van der Waals surface area contributed by atoms with E-state index in [2.05, 4.69) is 13.8 Å². The highest BCUT2D eigenvalue weighted by Gasteiger charge is 2.22. The van der Waals surface area contributed by atoms with Gasteiger partial charge in [-0.3, -0.25) is 9.59 Å². The topological polar surface area (TPSA) is 111 Å². The summed E-state index contributed by atoms with van der Waals surface area (Å²) in [6, 6.07) is 0. The molecule has 2 unspecified atom stereocenters. The fourth-order valence-corrected chi connectivity index (χ4v) is 9.89. The van der Waals surface area contributed by atoms with E-state index in [1.165, 1.54) is 270 Å². The molecule has 9 heteroatoms. The van der Waals surface area contributed by atoms with Crippen molar-refractivity contribution >= 4 is 17.9 Å². The lowest BCUT2D eigenvalue weighted by Gasteiger charge is -2.26. The number of aliphatic carboxylic acids is 1. The molecule has 0 bridgehead atoms. The number of quaternary nitrogens is 1. The third-order valence-electron chi connectivity index (χ3n) is 14.9. The minimum absolute atomic E-state index is 0.153. The molecule has 2 atom stereocenters. The zero-order valence-electron chi connectivity index (χ0n) is 49.6. The summed E-state index contributed by atoms with van der Waals surface area (Å²) in [4.78, 5) is 37.2. The number of ether oxygens (including phenoxy) is 4. The number of nitrogens with zero attached hydrogens (tertiary/aromatic N) is 1. The fourth-order valence-electron chi connectivity index (χ4n) is 9.89. The summed E-state index contributed by atoms with van der Waals surface area (Å²) in [6.45, 7) is 4.81. The third kappa shape index (κ3) is 57.8. The summed E-state index contributed by atoms with van der Waals surface area (Å²) in [6.07, 6.45) is 62.0. The van der Waals surface area contributed by atoms with Gasteiger partial charge in [0.05, 0.1) is 40.3 Å². The lowest BCUT2D eigenvalue weighted by Crippen LogP contribution is -2.44. The zero-order valence-corrected chi connectivity index (χ0v) is 49.6. The molecule has 0 aromatic carbocycles. The molecule has 0 aliphatic heterocycles. The van der Waals surface area contributed by atoms with Crippen molar-refractivity contribution in [2.75, 3.05) is 47.5 Å². The minimum Gasteiger partial charge on any atom is -0.545 e. The molecule has 0 spiro atoms. The van der Waals surface area contributed by atoms with Crippen molar-refractivity contribution in [1.82, 2.24) is 0 Å². The van der Waals surface area contributed by atoms with E-state index in [1.54, 1.807) is 0 Å². The normalized spacial score (nSPS) is 12.6. The standard InChI is InChI=1S/C64H125NO8/c1-6-8-10-12-14-16-18-20-21-22-23-24-25-26-27-28-29-30-31-32-33-34-35-36-37-38-39-40-41-43-45-47-49-51-53-55-62(67)73-60(59-72-64(63(68)69)70-57-56-65(3,4)5)58-71-61(66)54-52-50-48-46-44-42-19-17-15-13-11-9-7-2/h60,64H,6-59H2,1-5H3. The van der Waals surface area contributed by atoms with Gasteiger partial charge in [-0.15, -0.1) is 0 Å². The number of rotatable bonds is 61. The highest BCUT2D eigenvalue weighted by atomic mass is 16.7.